The van der Waals surface area contributed by atoms with Gasteiger partial charge in [-0.25, -0.2) is 0 Å². The van der Waals surface area contributed by atoms with Gasteiger partial charge in [-0.2, -0.15) is 16.8 Å². The minimum Gasteiger partial charge on any atom is -0.325 e. The third-order valence-electron chi connectivity index (χ3n) is 5.43. The van der Waals surface area contributed by atoms with Crippen molar-refractivity contribution in [3.05, 3.63) is 29.8 Å². The number of carbonyl (C=O) groups excluding carboxylic acids is 1. The van der Waals surface area contributed by atoms with Gasteiger partial charge in [0.2, 0.25) is 5.91 Å². The maximum absolute atomic E-state index is 12.8. The Labute approximate surface area is 169 Å². The molecule has 0 unspecified atom stereocenters. The van der Waals surface area contributed by atoms with Crippen LogP contribution in [0.3, 0.4) is 0 Å². The van der Waals surface area contributed by atoms with E-state index in [1.54, 1.807) is 6.92 Å². The highest BCUT2D eigenvalue weighted by atomic mass is 32.2. The molecule has 10 heteroatoms. The summed E-state index contributed by atoms with van der Waals surface area (Å²) in [6.45, 7) is 3.72. The molecule has 0 saturated heterocycles. The number of amides is 1. The molecular formula is C19H23NO7S2. The Morgan fingerprint density at radius 1 is 0.931 bits per heavy atom. The van der Waals surface area contributed by atoms with Gasteiger partial charge in [0.05, 0.1) is 15.5 Å². The number of anilines is 1. The molecule has 3 rings (SSSR count). The number of fused-ring (bicyclic) bond motifs is 1. The van der Waals surface area contributed by atoms with Crippen molar-refractivity contribution < 1.29 is 30.7 Å². The average molecular weight is 442 g/mol. The van der Waals surface area contributed by atoms with Crippen LogP contribution in [0.2, 0.25) is 0 Å². The van der Waals surface area contributed by atoms with Gasteiger partial charge in [0.15, 0.2) is 0 Å². The Bertz CT molecular complexity index is 1170. The van der Waals surface area contributed by atoms with Gasteiger partial charge in [-0.3, -0.25) is 13.9 Å². The van der Waals surface area contributed by atoms with E-state index in [0.717, 1.165) is 43.9 Å². The maximum atomic E-state index is 12.8. The van der Waals surface area contributed by atoms with Crippen molar-refractivity contribution in [1.82, 2.24) is 0 Å². The number of hydrogen-bond acceptors (Lipinski definition) is 5. The number of nitrogens with one attached hydrogen (secondary N) is 1. The van der Waals surface area contributed by atoms with E-state index < -0.39 is 30.0 Å². The molecule has 1 aliphatic rings. The zero-order valence-electron chi connectivity index (χ0n) is 16.0. The van der Waals surface area contributed by atoms with Gasteiger partial charge in [0, 0.05) is 11.3 Å². The zero-order valence-corrected chi connectivity index (χ0v) is 17.7. The molecule has 29 heavy (non-hydrogen) atoms. The van der Waals surface area contributed by atoms with Gasteiger partial charge < -0.3 is 5.32 Å². The molecule has 1 amide bonds. The molecule has 1 aliphatic carbocycles. The van der Waals surface area contributed by atoms with E-state index in [-0.39, 0.29) is 22.9 Å². The van der Waals surface area contributed by atoms with Crippen LogP contribution in [0.25, 0.3) is 10.8 Å². The second-order valence-corrected chi connectivity index (χ2v) is 10.5. The molecule has 0 spiro atoms. The molecular weight excluding hydrogens is 418 g/mol. The van der Waals surface area contributed by atoms with Crippen LogP contribution in [0, 0.1) is 18.8 Å². The van der Waals surface area contributed by atoms with Crippen molar-refractivity contribution >= 4 is 42.6 Å². The minimum absolute atomic E-state index is 0.153. The van der Waals surface area contributed by atoms with Crippen LogP contribution in [-0.2, 0) is 25.0 Å². The molecule has 1 fully saturated rings. The Kier molecular flexibility index (Phi) is 5.74. The monoisotopic (exact) mass is 441 g/mol. The molecule has 0 atom stereocenters. The number of aryl methyl sites for hydroxylation is 1. The number of carbonyl (C=O) groups is 1. The lowest BCUT2D eigenvalue weighted by atomic mass is 9.82. The first-order valence-electron chi connectivity index (χ1n) is 9.20. The summed E-state index contributed by atoms with van der Waals surface area (Å²) in [5.74, 6) is 0.112. The van der Waals surface area contributed by atoms with Crippen LogP contribution >= 0.6 is 0 Å². The van der Waals surface area contributed by atoms with E-state index >= 15 is 0 Å². The molecule has 1 saturated carbocycles. The summed E-state index contributed by atoms with van der Waals surface area (Å²) < 4.78 is 65.3. The summed E-state index contributed by atoms with van der Waals surface area (Å²) in [6.07, 6.45) is 3.32. The number of hydrogen-bond donors (Lipinski definition) is 3. The molecule has 0 aliphatic heterocycles. The van der Waals surface area contributed by atoms with Crippen LogP contribution in [0.5, 0.6) is 0 Å². The quantitative estimate of drug-likeness (QED) is 0.618. The number of rotatable bonds is 4. The Balaban J connectivity index is 2.13. The van der Waals surface area contributed by atoms with Gasteiger partial charge in [0.25, 0.3) is 20.2 Å². The second-order valence-electron chi connectivity index (χ2n) is 7.71. The SMILES string of the molecule is Cc1cc(S(=O)(=O)O)cc2cc(S(=O)(=O)O)cc(NC(=O)C3CCC(C)CC3)c12. The first kappa shape index (κ1) is 21.7. The van der Waals surface area contributed by atoms with Crippen LogP contribution in [0.1, 0.15) is 38.2 Å². The molecule has 2 aromatic carbocycles. The van der Waals surface area contributed by atoms with E-state index in [1.807, 2.05) is 0 Å². The van der Waals surface area contributed by atoms with Gasteiger partial charge in [-0.1, -0.05) is 6.92 Å². The predicted octanol–water partition coefficient (Wildman–Crippen LogP) is 3.41. The Morgan fingerprint density at radius 3 is 1.97 bits per heavy atom. The van der Waals surface area contributed by atoms with Gasteiger partial charge in [-0.15, -0.1) is 0 Å². The van der Waals surface area contributed by atoms with Crippen molar-refractivity contribution in [2.24, 2.45) is 11.8 Å². The summed E-state index contributed by atoms with van der Waals surface area (Å²) in [7, 11) is -9.13. The third-order valence-corrected chi connectivity index (χ3v) is 7.10. The molecule has 8 nitrogen and oxygen atoms in total. The standard InChI is InChI=1S/C19H23NO7S2/c1-11-3-5-13(6-4-11)19(21)20-17-10-16(29(25,26)27)9-14-8-15(28(22,23)24)7-12(2)18(14)17/h7-11,13H,3-6H2,1-2H3,(H,20,21)(H,22,23,24)(H,25,26,27). The minimum atomic E-state index is -4.61. The van der Waals surface area contributed by atoms with E-state index in [0.29, 0.717) is 16.9 Å². The van der Waals surface area contributed by atoms with Crippen molar-refractivity contribution in [3.63, 3.8) is 0 Å². The highest BCUT2D eigenvalue weighted by Crippen LogP contribution is 2.34. The maximum Gasteiger partial charge on any atom is 0.294 e. The van der Waals surface area contributed by atoms with Crippen molar-refractivity contribution in [3.8, 4) is 0 Å². The van der Waals surface area contributed by atoms with Gasteiger partial charge >= 0.3 is 0 Å². The molecule has 0 bridgehead atoms. The summed E-state index contributed by atoms with van der Waals surface area (Å²) in [5.41, 5.74) is 0.586. The summed E-state index contributed by atoms with van der Waals surface area (Å²) in [5, 5.41) is 3.34. The van der Waals surface area contributed by atoms with E-state index in [2.05, 4.69) is 12.2 Å². The average Bonchev–Trinajstić information content (AvgIpc) is 2.60. The van der Waals surface area contributed by atoms with E-state index in [1.165, 1.54) is 6.07 Å². The van der Waals surface area contributed by atoms with Crippen LogP contribution in [0.15, 0.2) is 34.1 Å². The van der Waals surface area contributed by atoms with Crippen molar-refractivity contribution in [1.29, 1.82) is 0 Å². The fraction of sp³-hybridized carbons (Fsp3) is 0.421. The fourth-order valence-electron chi connectivity index (χ4n) is 3.82. The van der Waals surface area contributed by atoms with Crippen LogP contribution in [-0.4, -0.2) is 31.8 Å². The first-order valence-corrected chi connectivity index (χ1v) is 12.1. The normalized spacial score (nSPS) is 20.6. The van der Waals surface area contributed by atoms with Crippen molar-refractivity contribution in [2.75, 3.05) is 5.32 Å². The topological polar surface area (TPSA) is 138 Å². The lowest BCUT2D eigenvalue weighted by molar-refractivity contribution is -0.121. The largest absolute Gasteiger partial charge is 0.325 e. The molecule has 158 valence electrons. The Hall–Kier alpha value is -2.01. The molecule has 3 N–H and O–H groups in total. The zero-order chi connectivity index (χ0) is 21.6. The first-order chi connectivity index (χ1) is 13.4. The van der Waals surface area contributed by atoms with E-state index in [4.69, 9.17) is 0 Å². The van der Waals surface area contributed by atoms with Gasteiger partial charge in [-0.05, 0) is 73.7 Å². The van der Waals surface area contributed by atoms with Gasteiger partial charge in [0.1, 0.15) is 0 Å². The third kappa shape index (κ3) is 4.77. The second kappa shape index (κ2) is 7.67. The van der Waals surface area contributed by atoms with Crippen molar-refractivity contribution in [2.45, 2.75) is 49.3 Å². The fourth-order valence-corrected chi connectivity index (χ4v) is 4.97. The summed E-state index contributed by atoms with van der Waals surface area (Å²) in [6, 6.07) is 4.60. The molecule has 0 radical (unpaired) electrons. The highest BCUT2D eigenvalue weighted by Gasteiger charge is 2.26. The molecule has 0 aromatic heterocycles. The summed E-state index contributed by atoms with van der Waals surface area (Å²) >= 11 is 0. The van der Waals surface area contributed by atoms with Crippen LogP contribution < -0.4 is 5.32 Å². The number of benzene rings is 2. The Morgan fingerprint density at radius 2 is 1.45 bits per heavy atom. The van der Waals surface area contributed by atoms with Crippen LogP contribution in [0.4, 0.5) is 5.69 Å². The lowest BCUT2D eigenvalue weighted by Crippen LogP contribution is -2.26. The smallest absolute Gasteiger partial charge is 0.294 e. The molecule has 2 aromatic rings. The predicted molar refractivity (Wildman–Crippen MR) is 108 cm³/mol. The highest BCUT2D eigenvalue weighted by molar-refractivity contribution is 7.86. The summed E-state index contributed by atoms with van der Waals surface area (Å²) in [4.78, 5) is 11.9. The van der Waals surface area contributed by atoms with E-state index in [9.17, 15) is 30.7 Å². The molecule has 0 heterocycles. The lowest BCUT2D eigenvalue weighted by Gasteiger charge is -2.25.